The molecule has 45 heavy (non-hydrogen) atoms. The van der Waals surface area contributed by atoms with Gasteiger partial charge in [0.1, 0.15) is 11.5 Å². The van der Waals surface area contributed by atoms with Crippen molar-refractivity contribution in [3.8, 4) is 11.5 Å². The molecule has 2 heterocycles. The van der Waals surface area contributed by atoms with Crippen molar-refractivity contribution in [3.63, 3.8) is 0 Å². The Morgan fingerprint density at radius 3 is 2.16 bits per heavy atom. The maximum atomic E-state index is 14.3. The van der Waals surface area contributed by atoms with E-state index in [2.05, 4.69) is 46.9 Å². The number of para-hydroxylation sites is 1. The van der Waals surface area contributed by atoms with Gasteiger partial charge < -0.3 is 15.2 Å². The zero-order valence-electron chi connectivity index (χ0n) is 27.2. The van der Waals surface area contributed by atoms with Crippen molar-refractivity contribution >= 4 is 29.0 Å². The number of aromatic hydroxyl groups is 1. The first-order valence-corrected chi connectivity index (χ1v) is 16.0. The SMILES string of the molecule is CCOc1ccc([C@H]2C(C(=O)Nc3ccccc3)=C(C)N=c3s/c(=C/c4cc(C(C)(C)C)c(O)c(C(C)(C)C)c4)c(=O)n32)cc1. The number of benzene rings is 3. The van der Waals surface area contributed by atoms with Crippen LogP contribution in [0.25, 0.3) is 6.08 Å². The minimum atomic E-state index is -0.696. The number of fused-ring (bicyclic) bond motifs is 1. The van der Waals surface area contributed by atoms with Crippen molar-refractivity contribution < 1.29 is 14.6 Å². The normalized spacial score (nSPS) is 15.5. The fraction of sp³-hybridized carbons (Fsp3) is 0.324. The van der Waals surface area contributed by atoms with Gasteiger partial charge in [0.15, 0.2) is 4.80 Å². The Kier molecular flexibility index (Phi) is 8.64. The minimum absolute atomic E-state index is 0.238. The molecule has 1 atom stereocenters. The second-order valence-electron chi connectivity index (χ2n) is 13.4. The summed E-state index contributed by atoms with van der Waals surface area (Å²) in [5.41, 5.74) is 3.97. The molecule has 1 amide bonds. The van der Waals surface area contributed by atoms with Crippen LogP contribution in [0.3, 0.4) is 0 Å². The number of hydrogen-bond donors (Lipinski definition) is 2. The molecule has 1 aliphatic heterocycles. The molecule has 1 aromatic heterocycles. The van der Waals surface area contributed by atoms with Gasteiger partial charge >= 0.3 is 0 Å². The van der Waals surface area contributed by atoms with Gasteiger partial charge in [0.2, 0.25) is 0 Å². The van der Waals surface area contributed by atoms with Crippen LogP contribution in [0.2, 0.25) is 0 Å². The molecular formula is C37H41N3O4S. The Bertz CT molecular complexity index is 1920. The van der Waals surface area contributed by atoms with E-state index in [1.54, 1.807) is 4.57 Å². The average Bonchev–Trinajstić information content (AvgIpc) is 3.27. The number of carbonyl (C=O) groups is 1. The first kappa shape index (κ1) is 32.0. The number of nitrogens with zero attached hydrogens (tertiary/aromatic N) is 2. The summed E-state index contributed by atoms with van der Waals surface area (Å²) < 4.78 is 7.78. The van der Waals surface area contributed by atoms with Gasteiger partial charge in [0, 0.05) is 16.8 Å². The average molecular weight is 624 g/mol. The molecule has 3 aromatic carbocycles. The summed E-state index contributed by atoms with van der Waals surface area (Å²) in [5.74, 6) is 0.675. The van der Waals surface area contributed by atoms with E-state index in [9.17, 15) is 14.7 Å². The number of amides is 1. The number of allylic oxidation sites excluding steroid dienone is 1. The second kappa shape index (κ2) is 12.2. The van der Waals surface area contributed by atoms with Gasteiger partial charge in [-0.15, -0.1) is 0 Å². The van der Waals surface area contributed by atoms with E-state index < -0.39 is 6.04 Å². The van der Waals surface area contributed by atoms with E-state index >= 15 is 0 Å². The molecule has 234 valence electrons. The van der Waals surface area contributed by atoms with Crippen LogP contribution >= 0.6 is 11.3 Å². The lowest BCUT2D eigenvalue weighted by Gasteiger charge is -2.27. The van der Waals surface area contributed by atoms with Crippen LogP contribution in [-0.4, -0.2) is 22.2 Å². The molecule has 7 nitrogen and oxygen atoms in total. The highest BCUT2D eigenvalue weighted by Gasteiger charge is 2.33. The Hall–Kier alpha value is -4.43. The maximum Gasteiger partial charge on any atom is 0.271 e. The van der Waals surface area contributed by atoms with E-state index in [0.29, 0.717) is 38.6 Å². The van der Waals surface area contributed by atoms with Crippen LogP contribution in [0.5, 0.6) is 11.5 Å². The third-order valence-electron chi connectivity index (χ3n) is 7.85. The van der Waals surface area contributed by atoms with E-state index in [0.717, 1.165) is 22.3 Å². The number of rotatable bonds is 6. The van der Waals surface area contributed by atoms with Crippen molar-refractivity contribution in [1.82, 2.24) is 4.57 Å². The van der Waals surface area contributed by atoms with E-state index in [-0.39, 0.29) is 28.0 Å². The molecule has 0 radical (unpaired) electrons. The van der Waals surface area contributed by atoms with Gasteiger partial charge in [0.25, 0.3) is 11.5 Å². The molecule has 0 aliphatic carbocycles. The number of phenolic OH excluding ortho intramolecular Hbond substituents is 1. The number of carbonyl (C=O) groups excluding carboxylic acids is 1. The molecule has 0 saturated heterocycles. The molecule has 1 aliphatic rings. The second-order valence-corrected chi connectivity index (χ2v) is 14.4. The lowest BCUT2D eigenvalue weighted by molar-refractivity contribution is -0.113. The monoisotopic (exact) mass is 623 g/mol. The van der Waals surface area contributed by atoms with Crippen LogP contribution in [0, 0.1) is 0 Å². The number of thiazole rings is 1. The van der Waals surface area contributed by atoms with Gasteiger partial charge in [0.05, 0.1) is 28.5 Å². The number of phenols is 1. The number of hydrogen-bond acceptors (Lipinski definition) is 6. The van der Waals surface area contributed by atoms with Crippen molar-refractivity contribution in [2.45, 2.75) is 72.3 Å². The lowest BCUT2D eigenvalue weighted by atomic mass is 9.78. The first-order valence-electron chi connectivity index (χ1n) is 15.2. The maximum absolute atomic E-state index is 14.3. The van der Waals surface area contributed by atoms with Crippen LogP contribution in [-0.2, 0) is 15.6 Å². The largest absolute Gasteiger partial charge is 0.507 e. The molecular weight excluding hydrogens is 582 g/mol. The van der Waals surface area contributed by atoms with Crippen LogP contribution in [0.1, 0.15) is 83.7 Å². The first-order chi connectivity index (χ1) is 21.2. The van der Waals surface area contributed by atoms with E-state index in [4.69, 9.17) is 9.73 Å². The molecule has 0 fully saturated rings. The minimum Gasteiger partial charge on any atom is -0.507 e. The molecule has 5 rings (SSSR count). The quantitative estimate of drug-likeness (QED) is 0.254. The van der Waals surface area contributed by atoms with E-state index in [1.165, 1.54) is 11.3 Å². The van der Waals surface area contributed by atoms with E-state index in [1.807, 2.05) is 86.7 Å². The van der Waals surface area contributed by atoms with Gasteiger partial charge in [-0.1, -0.05) is 83.2 Å². The summed E-state index contributed by atoms with van der Waals surface area (Å²) in [6.45, 7) is 16.6. The third kappa shape index (κ3) is 6.52. The summed E-state index contributed by atoms with van der Waals surface area (Å²) >= 11 is 1.29. The van der Waals surface area contributed by atoms with Crippen molar-refractivity contribution in [2.24, 2.45) is 4.99 Å². The zero-order valence-corrected chi connectivity index (χ0v) is 28.0. The highest BCUT2D eigenvalue weighted by Crippen LogP contribution is 2.40. The Morgan fingerprint density at radius 1 is 1.00 bits per heavy atom. The molecule has 4 aromatic rings. The highest BCUT2D eigenvalue weighted by molar-refractivity contribution is 7.07. The lowest BCUT2D eigenvalue weighted by Crippen LogP contribution is -2.40. The van der Waals surface area contributed by atoms with Crippen molar-refractivity contribution in [1.29, 1.82) is 0 Å². The van der Waals surface area contributed by atoms with Crippen molar-refractivity contribution in [3.05, 3.63) is 120 Å². The van der Waals surface area contributed by atoms with Gasteiger partial charge in [-0.2, -0.15) is 0 Å². The Labute approximate surface area is 268 Å². The predicted molar refractivity (Wildman–Crippen MR) is 182 cm³/mol. The van der Waals surface area contributed by atoms with Crippen LogP contribution in [0.15, 0.2) is 87.8 Å². The molecule has 0 spiro atoms. The van der Waals surface area contributed by atoms with Crippen LogP contribution < -0.4 is 24.9 Å². The molecule has 0 saturated carbocycles. The number of nitrogens with one attached hydrogen (secondary N) is 1. The molecule has 2 N–H and O–H groups in total. The highest BCUT2D eigenvalue weighted by atomic mass is 32.1. The third-order valence-corrected chi connectivity index (χ3v) is 8.83. The predicted octanol–water partition coefficient (Wildman–Crippen LogP) is 6.57. The summed E-state index contributed by atoms with van der Waals surface area (Å²) in [6, 6.07) is 20.0. The molecule has 0 unspecified atom stereocenters. The standard InChI is InChI=1S/C37H41N3O4S/c1-9-44-26-17-15-24(16-18-26)31-30(33(42)39-25-13-11-10-12-14-25)22(2)38-35-40(31)34(43)29(45-35)21-23-19-27(36(3,4)5)32(41)28(20-23)37(6,7)8/h10-21,31,41H,9H2,1-8H3,(H,39,42)/b29-21+/t31-/m0/s1. The van der Waals surface area contributed by atoms with Gasteiger partial charge in [-0.25, -0.2) is 4.99 Å². The van der Waals surface area contributed by atoms with Gasteiger partial charge in [-0.3, -0.25) is 14.2 Å². The summed E-state index contributed by atoms with van der Waals surface area (Å²) in [6.07, 6.45) is 1.87. The summed E-state index contributed by atoms with van der Waals surface area (Å²) in [7, 11) is 0. The van der Waals surface area contributed by atoms with Gasteiger partial charge in [-0.05, 0) is 78.3 Å². The van der Waals surface area contributed by atoms with Crippen molar-refractivity contribution in [2.75, 3.05) is 11.9 Å². The number of anilines is 1. The molecule has 0 bridgehead atoms. The smallest absolute Gasteiger partial charge is 0.271 e. The number of aromatic nitrogens is 1. The Balaban J connectivity index is 1.70. The fourth-order valence-electron chi connectivity index (χ4n) is 5.60. The summed E-state index contributed by atoms with van der Waals surface area (Å²) in [4.78, 5) is 33.4. The Morgan fingerprint density at radius 2 is 1.60 bits per heavy atom. The summed E-state index contributed by atoms with van der Waals surface area (Å²) in [5, 5.41) is 14.2. The van der Waals surface area contributed by atoms with Crippen LogP contribution in [0.4, 0.5) is 5.69 Å². The number of ether oxygens (including phenoxy) is 1. The zero-order chi connectivity index (χ0) is 32.7. The molecule has 8 heteroatoms. The fourth-order valence-corrected chi connectivity index (χ4v) is 6.64. The topological polar surface area (TPSA) is 92.9 Å².